The van der Waals surface area contributed by atoms with E-state index < -0.39 is 0 Å². The van der Waals surface area contributed by atoms with Gasteiger partial charge in [-0.15, -0.1) is 0 Å². The molecule has 0 radical (unpaired) electrons. The van der Waals surface area contributed by atoms with E-state index in [0.717, 1.165) is 36.5 Å². The first-order valence-corrected chi connectivity index (χ1v) is 7.49. The normalized spacial score (nSPS) is 22.4. The SMILES string of the molecule is COC1CCCC(Oc2nc(CO)cc3ccccc23)C1. The monoisotopic (exact) mass is 287 g/mol. The van der Waals surface area contributed by atoms with Crippen molar-refractivity contribution in [2.24, 2.45) is 0 Å². The number of aliphatic hydroxyl groups is 1. The number of ether oxygens (including phenoxy) is 2. The predicted molar refractivity (Wildman–Crippen MR) is 81.3 cm³/mol. The number of aromatic nitrogens is 1. The summed E-state index contributed by atoms with van der Waals surface area (Å²) in [4.78, 5) is 4.45. The number of nitrogens with zero attached hydrogens (tertiary/aromatic N) is 1. The van der Waals surface area contributed by atoms with Gasteiger partial charge < -0.3 is 14.6 Å². The van der Waals surface area contributed by atoms with Crippen LogP contribution in [0.3, 0.4) is 0 Å². The van der Waals surface area contributed by atoms with Crippen LogP contribution in [0.4, 0.5) is 0 Å². The number of pyridine rings is 1. The third-order valence-corrected chi connectivity index (χ3v) is 4.11. The molecule has 0 aliphatic heterocycles. The smallest absolute Gasteiger partial charge is 0.221 e. The van der Waals surface area contributed by atoms with Gasteiger partial charge in [-0.3, -0.25) is 0 Å². The second-order valence-electron chi connectivity index (χ2n) is 5.56. The summed E-state index contributed by atoms with van der Waals surface area (Å²) in [7, 11) is 1.76. The quantitative estimate of drug-likeness (QED) is 0.939. The van der Waals surface area contributed by atoms with E-state index in [1.54, 1.807) is 7.11 Å². The fourth-order valence-electron chi connectivity index (χ4n) is 2.97. The third kappa shape index (κ3) is 3.17. The summed E-state index contributed by atoms with van der Waals surface area (Å²) < 4.78 is 11.6. The Kier molecular flexibility index (Phi) is 4.36. The fraction of sp³-hybridized carbons (Fsp3) is 0.471. The van der Waals surface area contributed by atoms with Crippen LogP contribution in [-0.4, -0.2) is 29.4 Å². The highest BCUT2D eigenvalue weighted by atomic mass is 16.5. The van der Waals surface area contributed by atoms with Gasteiger partial charge >= 0.3 is 0 Å². The first-order chi connectivity index (χ1) is 10.3. The van der Waals surface area contributed by atoms with Crippen molar-refractivity contribution in [3.05, 3.63) is 36.0 Å². The summed E-state index contributed by atoms with van der Waals surface area (Å²) in [5.74, 6) is 0.624. The molecule has 0 saturated heterocycles. The highest BCUT2D eigenvalue weighted by Crippen LogP contribution is 2.29. The van der Waals surface area contributed by atoms with E-state index in [0.29, 0.717) is 11.6 Å². The Morgan fingerprint density at radius 2 is 2.05 bits per heavy atom. The molecule has 1 aliphatic carbocycles. The highest BCUT2D eigenvalue weighted by Gasteiger charge is 2.24. The molecule has 3 rings (SSSR count). The van der Waals surface area contributed by atoms with Gasteiger partial charge in [-0.2, -0.15) is 0 Å². The minimum absolute atomic E-state index is 0.0768. The molecule has 1 heterocycles. The molecule has 1 fully saturated rings. The summed E-state index contributed by atoms with van der Waals surface area (Å²) in [5, 5.41) is 11.4. The van der Waals surface area contributed by atoms with Crippen molar-refractivity contribution in [1.82, 2.24) is 4.98 Å². The zero-order valence-electron chi connectivity index (χ0n) is 12.3. The number of methoxy groups -OCH3 is 1. The maximum absolute atomic E-state index is 9.37. The number of hydrogen-bond acceptors (Lipinski definition) is 4. The molecule has 2 aromatic rings. The third-order valence-electron chi connectivity index (χ3n) is 4.11. The van der Waals surface area contributed by atoms with Crippen molar-refractivity contribution in [2.45, 2.75) is 44.5 Å². The standard InChI is InChI=1S/C17H21NO3/c1-20-14-6-4-7-15(10-14)21-17-16-8-3-2-5-12(16)9-13(11-19)18-17/h2-3,5,8-9,14-15,19H,4,6-7,10-11H2,1H3. The zero-order valence-corrected chi connectivity index (χ0v) is 12.3. The first kappa shape index (κ1) is 14.3. The topological polar surface area (TPSA) is 51.6 Å². The van der Waals surface area contributed by atoms with Crippen molar-refractivity contribution in [3.63, 3.8) is 0 Å². The fourth-order valence-corrected chi connectivity index (χ4v) is 2.97. The van der Waals surface area contributed by atoms with E-state index >= 15 is 0 Å². The maximum Gasteiger partial charge on any atom is 0.221 e. The Bertz CT molecular complexity index is 614. The molecule has 1 aromatic carbocycles. The molecule has 0 spiro atoms. The number of hydrogen-bond donors (Lipinski definition) is 1. The number of rotatable bonds is 4. The molecule has 1 aliphatic rings. The lowest BCUT2D eigenvalue weighted by Gasteiger charge is -2.28. The Hall–Kier alpha value is -1.65. The van der Waals surface area contributed by atoms with Gasteiger partial charge in [-0.25, -0.2) is 4.98 Å². The number of benzene rings is 1. The molecule has 4 nitrogen and oxygen atoms in total. The molecule has 2 unspecified atom stereocenters. The molecule has 1 N–H and O–H groups in total. The first-order valence-electron chi connectivity index (χ1n) is 7.49. The van der Waals surface area contributed by atoms with E-state index in [1.807, 2.05) is 30.3 Å². The summed E-state index contributed by atoms with van der Waals surface area (Å²) in [6.07, 6.45) is 4.54. The average Bonchev–Trinajstić information content (AvgIpc) is 2.55. The molecular formula is C17H21NO3. The van der Waals surface area contributed by atoms with Crippen molar-refractivity contribution in [1.29, 1.82) is 0 Å². The number of fused-ring (bicyclic) bond motifs is 1. The van der Waals surface area contributed by atoms with Crippen LogP contribution >= 0.6 is 0 Å². The Morgan fingerprint density at radius 3 is 2.86 bits per heavy atom. The molecule has 112 valence electrons. The van der Waals surface area contributed by atoms with Crippen molar-refractivity contribution in [3.8, 4) is 5.88 Å². The van der Waals surface area contributed by atoms with Crippen LogP contribution in [-0.2, 0) is 11.3 Å². The van der Waals surface area contributed by atoms with Crippen LogP contribution < -0.4 is 4.74 Å². The van der Waals surface area contributed by atoms with E-state index in [1.165, 1.54) is 0 Å². The van der Waals surface area contributed by atoms with Gasteiger partial charge in [0.25, 0.3) is 0 Å². The van der Waals surface area contributed by atoms with Crippen LogP contribution in [0.25, 0.3) is 10.8 Å². The summed E-state index contributed by atoms with van der Waals surface area (Å²) in [6, 6.07) is 9.89. The van der Waals surface area contributed by atoms with E-state index in [4.69, 9.17) is 9.47 Å². The van der Waals surface area contributed by atoms with Crippen molar-refractivity contribution < 1.29 is 14.6 Å². The van der Waals surface area contributed by atoms with Crippen LogP contribution in [0.5, 0.6) is 5.88 Å². The van der Waals surface area contributed by atoms with Gasteiger partial charge in [0.15, 0.2) is 0 Å². The van der Waals surface area contributed by atoms with Gasteiger partial charge in [0, 0.05) is 18.9 Å². The lowest BCUT2D eigenvalue weighted by molar-refractivity contribution is 0.0199. The second-order valence-corrected chi connectivity index (χ2v) is 5.56. The minimum atomic E-state index is -0.0768. The lowest BCUT2D eigenvalue weighted by atomic mass is 9.95. The Balaban J connectivity index is 1.88. The van der Waals surface area contributed by atoms with Gasteiger partial charge in [0.05, 0.1) is 18.4 Å². The van der Waals surface area contributed by atoms with Gasteiger partial charge in [-0.05, 0) is 36.8 Å². The van der Waals surface area contributed by atoms with Gasteiger partial charge in [0.2, 0.25) is 5.88 Å². The van der Waals surface area contributed by atoms with E-state index in [-0.39, 0.29) is 18.8 Å². The molecule has 0 amide bonds. The van der Waals surface area contributed by atoms with Crippen LogP contribution in [0.2, 0.25) is 0 Å². The molecular weight excluding hydrogens is 266 g/mol. The predicted octanol–water partition coefficient (Wildman–Crippen LogP) is 3.06. The van der Waals surface area contributed by atoms with E-state index in [2.05, 4.69) is 4.98 Å². The second kappa shape index (κ2) is 6.41. The molecule has 2 atom stereocenters. The lowest BCUT2D eigenvalue weighted by Crippen LogP contribution is -2.29. The minimum Gasteiger partial charge on any atom is -0.474 e. The largest absolute Gasteiger partial charge is 0.474 e. The van der Waals surface area contributed by atoms with Crippen LogP contribution in [0, 0.1) is 0 Å². The molecule has 1 saturated carbocycles. The van der Waals surface area contributed by atoms with Crippen molar-refractivity contribution >= 4 is 10.8 Å². The summed E-state index contributed by atoms with van der Waals surface area (Å²) in [6.45, 7) is -0.0768. The van der Waals surface area contributed by atoms with Crippen molar-refractivity contribution in [2.75, 3.05) is 7.11 Å². The van der Waals surface area contributed by atoms with E-state index in [9.17, 15) is 5.11 Å². The summed E-state index contributed by atoms with van der Waals surface area (Å²) in [5.41, 5.74) is 0.641. The molecule has 4 heteroatoms. The number of aliphatic hydroxyl groups excluding tert-OH is 1. The Morgan fingerprint density at radius 1 is 1.24 bits per heavy atom. The summed E-state index contributed by atoms with van der Waals surface area (Å²) >= 11 is 0. The Labute approximate surface area is 124 Å². The molecule has 21 heavy (non-hydrogen) atoms. The molecule has 0 bridgehead atoms. The van der Waals surface area contributed by atoms with Gasteiger partial charge in [-0.1, -0.05) is 18.2 Å². The average molecular weight is 287 g/mol. The van der Waals surface area contributed by atoms with Crippen LogP contribution in [0.15, 0.2) is 30.3 Å². The zero-order chi connectivity index (χ0) is 14.7. The highest BCUT2D eigenvalue weighted by molar-refractivity contribution is 5.87. The maximum atomic E-state index is 9.37. The molecule has 1 aromatic heterocycles. The van der Waals surface area contributed by atoms with Crippen LogP contribution in [0.1, 0.15) is 31.4 Å². The van der Waals surface area contributed by atoms with Gasteiger partial charge in [0.1, 0.15) is 6.10 Å².